The zero-order valence-electron chi connectivity index (χ0n) is 11.1. The van der Waals surface area contributed by atoms with Gasteiger partial charge in [-0.2, -0.15) is 0 Å². The van der Waals surface area contributed by atoms with E-state index in [2.05, 4.69) is 44.9 Å². The van der Waals surface area contributed by atoms with Gasteiger partial charge in [0.15, 0.2) is 0 Å². The Morgan fingerprint density at radius 2 is 2.12 bits per heavy atom. The normalized spacial score (nSPS) is 14.1. The fourth-order valence-electron chi connectivity index (χ4n) is 1.33. The summed E-state index contributed by atoms with van der Waals surface area (Å²) < 4.78 is 0. The van der Waals surface area contributed by atoms with Crippen molar-refractivity contribution in [2.45, 2.75) is 53.5 Å². The molecule has 3 heteroatoms. The van der Waals surface area contributed by atoms with Crippen molar-refractivity contribution < 1.29 is 0 Å². The molecule has 0 saturated heterocycles. The van der Waals surface area contributed by atoms with Crippen molar-refractivity contribution in [3.8, 4) is 0 Å². The Morgan fingerprint density at radius 1 is 1.44 bits per heavy atom. The Labute approximate surface area is 103 Å². The lowest BCUT2D eigenvalue weighted by atomic mass is 9.88. The van der Waals surface area contributed by atoms with E-state index >= 15 is 0 Å². The molecule has 0 spiro atoms. The fourth-order valence-corrected chi connectivity index (χ4v) is 2.19. The molecule has 0 fully saturated rings. The van der Waals surface area contributed by atoms with E-state index in [0.29, 0.717) is 11.5 Å². The predicted molar refractivity (Wildman–Crippen MR) is 72.1 cm³/mol. The van der Waals surface area contributed by atoms with E-state index in [-0.39, 0.29) is 0 Å². The molecule has 0 radical (unpaired) electrons. The minimum Gasteiger partial charge on any atom is -0.313 e. The lowest BCUT2D eigenvalue weighted by Crippen LogP contribution is -2.38. The van der Waals surface area contributed by atoms with Crippen molar-refractivity contribution in [2.75, 3.05) is 6.54 Å². The summed E-state index contributed by atoms with van der Waals surface area (Å²) in [6.07, 6.45) is 4.15. The van der Waals surface area contributed by atoms with Crippen LogP contribution in [-0.2, 0) is 12.8 Å². The Kier molecular flexibility index (Phi) is 4.93. The number of aromatic nitrogens is 1. The van der Waals surface area contributed by atoms with Crippen LogP contribution in [0.15, 0.2) is 6.20 Å². The van der Waals surface area contributed by atoms with E-state index in [1.807, 2.05) is 17.5 Å². The van der Waals surface area contributed by atoms with Crippen LogP contribution in [0.1, 0.15) is 44.5 Å². The highest BCUT2D eigenvalue weighted by molar-refractivity contribution is 7.11. The topological polar surface area (TPSA) is 24.9 Å². The van der Waals surface area contributed by atoms with Gasteiger partial charge in [0.25, 0.3) is 0 Å². The van der Waals surface area contributed by atoms with Crippen molar-refractivity contribution in [2.24, 2.45) is 5.41 Å². The zero-order valence-corrected chi connectivity index (χ0v) is 11.9. The fraction of sp³-hybridized carbons (Fsp3) is 0.769. The molecule has 1 rings (SSSR count). The lowest BCUT2D eigenvalue weighted by Gasteiger charge is -2.28. The van der Waals surface area contributed by atoms with Crippen LogP contribution in [0.25, 0.3) is 0 Å². The quantitative estimate of drug-likeness (QED) is 0.854. The van der Waals surface area contributed by atoms with E-state index in [9.17, 15) is 0 Å². The van der Waals surface area contributed by atoms with Crippen LogP contribution in [0.3, 0.4) is 0 Å². The van der Waals surface area contributed by atoms with Crippen molar-refractivity contribution in [1.82, 2.24) is 10.3 Å². The average molecular weight is 240 g/mol. The standard InChI is InChI=1S/C13H24N2S/c1-6-11-9-15-12(16-11)7-8-14-10(2)13(3,4)5/h9-10,14H,6-8H2,1-5H3. The molecule has 0 amide bonds. The second-order valence-corrected chi connectivity index (χ2v) is 6.57. The van der Waals surface area contributed by atoms with Gasteiger partial charge in [0.2, 0.25) is 0 Å². The van der Waals surface area contributed by atoms with Gasteiger partial charge in [0.05, 0.1) is 5.01 Å². The molecule has 0 aliphatic rings. The molecule has 0 aliphatic carbocycles. The van der Waals surface area contributed by atoms with E-state index in [0.717, 1.165) is 19.4 Å². The number of nitrogens with one attached hydrogen (secondary N) is 1. The molecule has 1 aromatic heterocycles. The molecule has 0 aliphatic heterocycles. The molecule has 1 heterocycles. The summed E-state index contributed by atoms with van der Waals surface area (Å²) in [7, 11) is 0. The average Bonchev–Trinajstić information content (AvgIpc) is 2.64. The highest BCUT2D eigenvalue weighted by atomic mass is 32.1. The van der Waals surface area contributed by atoms with Crippen LogP contribution in [0, 0.1) is 5.41 Å². The summed E-state index contributed by atoms with van der Waals surface area (Å²) in [6.45, 7) is 12.3. The van der Waals surface area contributed by atoms with Crippen molar-refractivity contribution in [3.05, 3.63) is 16.1 Å². The largest absolute Gasteiger partial charge is 0.313 e. The number of nitrogens with zero attached hydrogens (tertiary/aromatic N) is 1. The highest BCUT2D eigenvalue weighted by Crippen LogP contribution is 2.18. The van der Waals surface area contributed by atoms with Gasteiger partial charge in [-0.25, -0.2) is 4.98 Å². The van der Waals surface area contributed by atoms with Gasteiger partial charge in [-0.15, -0.1) is 11.3 Å². The van der Waals surface area contributed by atoms with Crippen molar-refractivity contribution in [1.29, 1.82) is 0 Å². The van der Waals surface area contributed by atoms with E-state index in [1.165, 1.54) is 9.88 Å². The van der Waals surface area contributed by atoms with E-state index < -0.39 is 0 Å². The van der Waals surface area contributed by atoms with Crippen LogP contribution in [0.4, 0.5) is 0 Å². The zero-order chi connectivity index (χ0) is 12.2. The number of hydrogen-bond donors (Lipinski definition) is 1. The Balaban J connectivity index is 2.30. The van der Waals surface area contributed by atoms with Crippen LogP contribution in [0.2, 0.25) is 0 Å². The van der Waals surface area contributed by atoms with Gasteiger partial charge < -0.3 is 5.32 Å². The van der Waals surface area contributed by atoms with Gasteiger partial charge in [0.1, 0.15) is 0 Å². The second-order valence-electron chi connectivity index (χ2n) is 5.37. The maximum absolute atomic E-state index is 4.42. The molecule has 1 atom stereocenters. The Hall–Kier alpha value is -0.410. The number of hydrogen-bond acceptors (Lipinski definition) is 3. The summed E-state index contributed by atoms with van der Waals surface area (Å²) in [6, 6.07) is 0.540. The molecule has 1 unspecified atom stereocenters. The van der Waals surface area contributed by atoms with Gasteiger partial charge in [-0.05, 0) is 18.8 Å². The molecule has 0 aromatic carbocycles. The molecule has 0 bridgehead atoms. The van der Waals surface area contributed by atoms with E-state index in [1.54, 1.807) is 0 Å². The van der Waals surface area contributed by atoms with Crippen molar-refractivity contribution >= 4 is 11.3 Å². The number of rotatable bonds is 5. The number of aryl methyl sites for hydroxylation is 1. The molecule has 1 aromatic rings. The van der Waals surface area contributed by atoms with Crippen LogP contribution in [-0.4, -0.2) is 17.6 Å². The maximum atomic E-state index is 4.42. The monoisotopic (exact) mass is 240 g/mol. The first-order valence-corrected chi connectivity index (χ1v) is 6.92. The first-order chi connectivity index (χ1) is 7.43. The van der Waals surface area contributed by atoms with Gasteiger partial charge in [-0.3, -0.25) is 0 Å². The maximum Gasteiger partial charge on any atom is 0.0940 e. The first kappa shape index (κ1) is 13.7. The van der Waals surface area contributed by atoms with Crippen LogP contribution >= 0.6 is 11.3 Å². The van der Waals surface area contributed by atoms with Crippen molar-refractivity contribution in [3.63, 3.8) is 0 Å². The molecular formula is C13H24N2S. The minimum absolute atomic E-state index is 0.331. The summed E-state index contributed by atoms with van der Waals surface area (Å²) in [5.41, 5.74) is 0.331. The van der Waals surface area contributed by atoms with Gasteiger partial charge in [0, 0.05) is 30.1 Å². The molecule has 16 heavy (non-hydrogen) atoms. The molecule has 1 N–H and O–H groups in total. The third-order valence-corrected chi connectivity index (χ3v) is 4.24. The Bertz CT molecular complexity index is 312. The summed E-state index contributed by atoms with van der Waals surface area (Å²) in [4.78, 5) is 5.81. The molecule has 2 nitrogen and oxygen atoms in total. The van der Waals surface area contributed by atoms with Crippen LogP contribution < -0.4 is 5.32 Å². The summed E-state index contributed by atoms with van der Waals surface area (Å²) >= 11 is 1.84. The summed E-state index contributed by atoms with van der Waals surface area (Å²) in [5.74, 6) is 0. The molecule has 92 valence electrons. The first-order valence-electron chi connectivity index (χ1n) is 6.10. The molecular weight excluding hydrogens is 216 g/mol. The minimum atomic E-state index is 0.331. The third-order valence-electron chi connectivity index (χ3n) is 3.04. The third kappa shape index (κ3) is 4.22. The van der Waals surface area contributed by atoms with Gasteiger partial charge in [-0.1, -0.05) is 27.7 Å². The van der Waals surface area contributed by atoms with E-state index in [4.69, 9.17) is 0 Å². The predicted octanol–water partition coefficient (Wildman–Crippen LogP) is 3.27. The van der Waals surface area contributed by atoms with Gasteiger partial charge >= 0.3 is 0 Å². The lowest BCUT2D eigenvalue weighted by molar-refractivity contribution is 0.288. The highest BCUT2D eigenvalue weighted by Gasteiger charge is 2.18. The second kappa shape index (κ2) is 5.78. The SMILES string of the molecule is CCc1cnc(CCNC(C)C(C)(C)C)s1. The number of thiazole rings is 1. The Morgan fingerprint density at radius 3 is 2.62 bits per heavy atom. The summed E-state index contributed by atoms with van der Waals surface area (Å²) in [5, 5.41) is 4.82. The smallest absolute Gasteiger partial charge is 0.0940 e. The molecule has 0 saturated carbocycles. The van der Waals surface area contributed by atoms with Crippen LogP contribution in [0.5, 0.6) is 0 Å².